The molecule has 0 bridgehead atoms. The minimum atomic E-state index is -0.634. The third-order valence-corrected chi connectivity index (χ3v) is 4.71. The molecule has 2 aromatic carbocycles. The van der Waals surface area contributed by atoms with Crippen LogP contribution in [0.15, 0.2) is 48.8 Å². The number of esters is 1. The van der Waals surface area contributed by atoms with Crippen molar-refractivity contribution >= 4 is 34.8 Å². The molecule has 30 heavy (non-hydrogen) atoms. The van der Waals surface area contributed by atoms with Gasteiger partial charge in [0.25, 0.3) is 0 Å². The largest absolute Gasteiger partial charge is 0.465 e. The maximum absolute atomic E-state index is 12.1. The molecular formula is C20H17ClN4O5. The highest BCUT2D eigenvalue weighted by molar-refractivity contribution is 6.31. The number of para-hydroxylation sites is 1. The van der Waals surface area contributed by atoms with E-state index >= 15 is 0 Å². The SMILES string of the molecule is COC(=O)c1ccccc1N(C)c1ncnc(Oc2ccc(Cl)c(C)c2)c1[N+](=O)[O-]. The third kappa shape index (κ3) is 4.15. The average molecular weight is 429 g/mol. The standard InChI is InChI=1S/C20H17ClN4O5/c1-12-10-13(8-9-15(12)21)30-19-17(25(27)28)18(22-11-23-19)24(2)16-7-5-4-6-14(16)20(26)29-3/h4-11H,1-3H3. The van der Waals surface area contributed by atoms with Crippen molar-refractivity contribution in [2.24, 2.45) is 0 Å². The highest BCUT2D eigenvalue weighted by atomic mass is 35.5. The summed E-state index contributed by atoms with van der Waals surface area (Å²) in [4.78, 5) is 32.7. The van der Waals surface area contributed by atoms with Crippen molar-refractivity contribution < 1.29 is 19.2 Å². The summed E-state index contributed by atoms with van der Waals surface area (Å²) in [7, 11) is 2.81. The lowest BCUT2D eigenvalue weighted by Crippen LogP contribution is -2.18. The molecule has 1 heterocycles. The second-order valence-corrected chi connectivity index (χ2v) is 6.60. The van der Waals surface area contributed by atoms with E-state index in [1.165, 1.54) is 12.0 Å². The van der Waals surface area contributed by atoms with Gasteiger partial charge in [-0.1, -0.05) is 23.7 Å². The van der Waals surface area contributed by atoms with Gasteiger partial charge in [0.2, 0.25) is 5.82 Å². The minimum absolute atomic E-state index is 0.0490. The molecule has 0 aliphatic carbocycles. The Bertz CT molecular complexity index is 1120. The number of aryl methyl sites for hydroxylation is 1. The quantitative estimate of drug-likeness (QED) is 0.316. The van der Waals surface area contributed by atoms with Crippen LogP contribution in [0.25, 0.3) is 0 Å². The molecule has 9 nitrogen and oxygen atoms in total. The van der Waals surface area contributed by atoms with E-state index in [9.17, 15) is 14.9 Å². The highest BCUT2D eigenvalue weighted by Crippen LogP contribution is 2.39. The number of nitrogens with zero attached hydrogens (tertiary/aromatic N) is 4. The topological polar surface area (TPSA) is 108 Å². The molecular weight excluding hydrogens is 412 g/mol. The molecule has 0 aliphatic heterocycles. The van der Waals surface area contributed by atoms with Gasteiger partial charge in [-0.05, 0) is 42.8 Å². The Morgan fingerprint density at radius 1 is 1.20 bits per heavy atom. The zero-order valence-electron chi connectivity index (χ0n) is 16.3. The van der Waals surface area contributed by atoms with E-state index in [4.69, 9.17) is 21.1 Å². The Morgan fingerprint density at radius 3 is 2.60 bits per heavy atom. The number of methoxy groups -OCH3 is 1. The van der Waals surface area contributed by atoms with Crippen LogP contribution < -0.4 is 9.64 Å². The monoisotopic (exact) mass is 428 g/mol. The van der Waals surface area contributed by atoms with Crippen molar-refractivity contribution in [3.63, 3.8) is 0 Å². The summed E-state index contributed by atoms with van der Waals surface area (Å²) in [6.45, 7) is 1.78. The van der Waals surface area contributed by atoms with E-state index in [2.05, 4.69) is 9.97 Å². The Balaban J connectivity index is 2.08. The molecule has 0 saturated heterocycles. The summed E-state index contributed by atoms with van der Waals surface area (Å²) in [5.74, 6) is -0.536. The van der Waals surface area contributed by atoms with Gasteiger partial charge in [-0.25, -0.2) is 9.78 Å². The zero-order chi connectivity index (χ0) is 21.8. The predicted molar refractivity (Wildman–Crippen MR) is 111 cm³/mol. The van der Waals surface area contributed by atoms with Gasteiger partial charge in [-0.3, -0.25) is 10.1 Å². The van der Waals surface area contributed by atoms with Crippen molar-refractivity contribution in [3.8, 4) is 11.6 Å². The van der Waals surface area contributed by atoms with Gasteiger partial charge in [-0.2, -0.15) is 4.98 Å². The molecule has 0 N–H and O–H groups in total. The fraction of sp³-hybridized carbons (Fsp3) is 0.150. The van der Waals surface area contributed by atoms with Crippen LogP contribution in [-0.2, 0) is 4.74 Å². The molecule has 0 atom stereocenters. The summed E-state index contributed by atoms with van der Waals surface area (Å²) in [5.41, 5.74) is 0.896. The predicted octanol–water partition coefficient (Wildman–Crippen LogP) is 4.69. The molecule has 0 amide bonds. The van der Waals surface area contributed by atoms with Crippen molar-refractivity contribution in [1.29, 1.82) is 0 Å². The van der Waals surface area contributed by atoms with E-state index in [-0.39, 0.29) is 17.3 Å². The van der Waals surface area contributed by atoms with Crippen LogP contribution in [0.2, 0.25) is 5.02 Å². The molecule has 0 radical (unpaired) electrons. The van der Waals surface area contributed by atoms with Gasteiger partial charge in [0, 0.05) is 12.1 Å². The highest BCUT2D eigenvalue weighted by Gasteiger charge is 2.29. The van der Waals surface area contributed by atoms with Gasteiger partial charge in [-0.15, -0.1) is 0 Å². The summed E-state index contributed by atoms with van der Waals surface area (Å²) >= 11 is 6.02. The molecule has 0 saturated carbocycles. The molecule has 0 aliphatic rings. The maximum Gasteiger partial charge on any atom is 0.373 e. The molecule has 0 spiro atoms. The number of hydrogen-bond donors (Lipinski definition) is 0. The van der Waals surface area contributed by atoms with Crippen LogP contribution in [0.4, 0.5) is 17.2 Å². The minimum Gasteiger partial charge on any atom is -0.465 e. The molecule has 10 heteroatoms. The van der Waals surface area contributed by atoms with Crippen LogP contribution in [0.3, 0.4) is 0 Å². The first-order valence-electron chi connectivity index (χ1n) is 8.68. The molecule has 3 rings (SSSR count). The van der Waals surface area contributed by atoms with Crippen molar-refractivity contribution in [2.75, 3.05) is 19.1 Å². The lowest BCUT2D eigenvalue weighted by atomic mass is 10.1. The van der Waals surface area contributed by atoms with Gasteiger partial charge in [0.1, 0.15) is 12.1 Å². The first kappa shape index (κ1) is 21.0. The number of benzene rings is 2. The van der Waals surface area contributed by atoms with Gasteiger partial charge >= 0.3 is 17.5 Å². The smallest absolute Gasteiger partial charge is 0.373 e. The molecule has 0 fully saturated rings. The van der Waals surface area contributed by atoms with Crippen LogP contribution in [0.5, 0.6) is 11.6 Å². The van der Waals surface area contributed by atoms with Gasteiger partial charge < -0.3 is 14.4 Å². The number of nitro groups is 1. The number of aromatic nitrogens is 2. The average Bonchev–Trinajstić information content (AvgIpc) is 2.75. The number of anilines is 2. The Kier molecular flexibility index (Phi) is 6.12. The summed E-state index contributed by atoms with van der Waals surface area (Å²) < 4.78 is 10.5. The van der Waals surface area contributed by atoms with E-state index in [0.29, 0.717) is 16.5 Å². The summed E-state index contributed by atoms with van der Waals surface area (Å²) in [6, 6.07) is 11.4. The first-order chi connectivity index (χ1) is 14.3. The summed E-state index contributed by atoms with van der Waals surface area (Å²) in [5, 5.41) is 12.4. The Labute approximate surface area is 177 Å². The van der Waals surface area contributed by atoms with Crippen molar-refractivity contribution in [2.45, 2.75) is 6.92 Å². The molecule has 3 aromatic rings. The van der Waals surface area contributed by atoms with Crippen LogP contribution in [-0.4, -0.2) is 35.0 Å². The van der Waals surface area contributed by atoms with Crippen molar-refractivity contribution in [3.05, 3.63) is 75.1 Å². The number of hydrogen-bond acceptors (Lipinski definition) is 8. The lowest BCUT2D eigenvalue weighted by molar-refractivity contribution is -0.385. The number of ether oxygens (including phenoxy) is 2. The second-order valence-electron chi connectivity index (χ2n) is 6.19. The zero-order valence-corrected chi connectivity index (χ0v) is 17.1. The van der Waals surface area contributed by atoms with E-state index < -0.39 is 16.6 Å². The fourth-order valence-corrected chi connectivity index (χ4v) is 2.91. The number of carbonyl (C=O) groups is 1. The lowest BCUT2D eigenvalue weighted by Gasteiger charge is -2.20. The molecule has 0 unspecified atom stereocenters. The maximum atomic E-state index is 12.1. The third-order valence-electron chi connectivity index (χ3n) is 4.28. The molecule has 1 aromatic heterocycles. The second kappa shape index (κ2) is 8.75. The number of carbonyl (C=O) groups excluding carboxylic acids is 1. The number of rotatable bonds is 6. The van der Waals surface area contributed by atoms with Crippen LogP contribution in [0, 0.1) is 17.0 Å². The van der Waals surface area contributed by atoms with E-state index in [1.54, 1.807) is 56.4 Å². The van der Waals surface area contributed by atoms with Gasteiger partial charge in [0.05, 0.1) is 23.3 Å². The van der Waals surface area contributed by atoms with E-state index in [0.717, 1.165) is 11.9 Å². The van der Waals surface area contributed by atoms with Gasteiger partial charge in [0.15, 0.2) is 0 Å². The van der Waals surface area contributed by atoms with Crippen molar-refractivity contribution in [1.82, 2.24) is 9.97 Å². The summed E-state index contributed by atoms with van der Waals surface area (Å²) in [6.07, 6.45) is 1.15. The van der Waals surface area contributed by atoms with Crippen LogP contribution >= 0.6 is 11.6 Å². The first-order valence-corrected chi connectivity index (χ1v) is 9.05. The van der Waals surface area contributed by atoms with E-state index in [1.807, 2.05) is 0 Å². The molecule has 154 valence electrons. The normalized spacial score (nSPS) is 10.4. The Morgan fingerprint density at radius 2 is 1.93 bits per heavy atom. The fourth-order valence-electron chi connectivity index (χ4n) is 2.79. The number of halogens is 1. The van der Waals surface area contributed by atoms with Crippen LogP contribution in [0.1, 0.15) is 15.9 Å². The Hall–Kier alpha value is -3.72.